The van der Waals surface area contributed by atoms with Gasteiger partial charge in [-0.3, -0.25) is 24.5 Å². The molecular weight excluding hydrogens is 1750 g/mol. The lowest BCUT2D eigenvalue weighted by atomic mass is 10.1. The average Bonchev–Trinajstić information content (AvgIpc) is 1.62. The number of carbonyl (C=O) groups excluding carboxylic acids is 5. The van der Waals surface area contributed by atoms with Gasteiger partial charge in [0.1, 0.15) is 33.3 Å². The lowest BCUT2D eigenvalue weighted by Crippen LogP contribution is -2.20. The fourth-order valence-corrected chi connectivity index (χ4v) is 19.8. The van der Waals surface area contributed by atoms with E-state index in [0.717, 1.165) is 181 Å². The topological polar surface area (TPSA) is 279 Å². The van der Waals surface area contributed by atoms with E-state index in [1.807, 2.05) is 346 Å². The molecule has 10 N–H and O–H groups in total. The van der Waals surface area contributed by atoms with E-state index in [9.17, 15) is 24.0 Å². The highest BCUT2D eigenvalue weighted by Gasteiger charge is 2.25. The van der Waals surface area contributed by atoms with Crippen molar-refractivity contribution < 1.29 is 28.7 Å². The maximum atomic E-state index is 12.8. The first-order valence-corrected chi connectivity index (χ1v) is 47.2. The number of benzene rings is 14. The van der Waals surface area contributed by atoms with Gasteiger partial charge in [-0.2, -0.15) is 0 Å². The minimum atomic E-state index is -0.547. The van der Waals surface area contributed by atoms with E-state index in [1.54, 1.807) is 63.5 Å². The Morgan fingerprint density at radius 3 is 0.992 bits per heavy atom. The number of nitrogens with zero attached hydrogens (tertiary/aromatic N) is 5. The second-order valence-electron chi connectivity index (χ2n) is 30.0. The smallest absolute Gasteiger partial charge is 0.410 e. The van der Waals surface area contributed by atoms with Gasteiger partial charge in [0.15, 0.2) is 25.7 Å². The van der Waals surface area contributed by atoms with E-state index in [0.29, 0.717) is 29.2 Å². The molecule has 1 fully saturated rings. The van der Waals surface area contributed by atoms with Crippen molar-refractivity contribution in [1.82, 2.24) is 24.9 Å². The van der Waals surface area contributed by atoms with Crippen LogP contribution in [0.4, 0.5) is 87.3 Å². The number of aryl methyl sites for hydroxylation is 1. The maximum Gasteiger partial charge on any atom is 0.417 e. The van der Waals surface area contributed by atoms with Gasteiger partial charge in [0.2, 0.25) is 17.7 Å². The van der Waals surface area contributed by atoms with Gasteiger partial charge >= 0.3 is 6.09 Å². The summed E-state index contributed by atoms with van der Waals surface area (Å²) in [6.45, 7) is 0. The molecule has 27 heteroatoms. The van der Waals surface area contributed by atoms with Crippen molar-refractivity contribution in [2.24, 2.45) is 5.92 Å². The number of fused-ring (bicyclic) bond motifs is 6. The Balaban J connectivity index is 0.000000115. The quantitative estimate of drug-likeness (QED) is 0.0285. The van der Waals surface area contributed by atoms with Crippen LogP contribution in [0, 0.1) is 5.92 Å². The maximum absolute atomic E-state index is 12.8. The molecule has 648 valence electrons. The van der Waals surface area contributed by atoms with Gasteiger partial charge in [0.25, 0.3) is 5.91 Å². The number of hydrogen-bond acceptors (Lipinski definition) is 22. The van der Waals surface area contributed by atoms with Gasteiger partial charge < -0.3 is 52.6 Å². The highest BCUT2D eigenvalue weighted by Crippen LogP contribution is 2.40. The van der Waals surface area contributed by atoms with Crippen LogP contribution in [0.3, 0.4) is 0 Å². The molecule has 21 nitrogen and oxygen atoms in total. The SMILES string of the molecule is O=C(CCc1ccccc1)Nc1cccc2sc(Nc3ccccc3)nc12.O=C(Cc1ccccc1)Nc1cccc2sc(Nc3ccccc3)nc12.O=C(Nc1cccc2sc(Nc3ccccc3)nc12)C1CCCC1.O=C(Nc1cccc2sc(Nc3ccccc3)nc12)Oc1ccccc1.O=C(Nc1cccc2sc(Nc3ccccc3)nc12)c1cc2ccccc2s1. The van der Waals surface area contributed by atoms with Crippen molar-refractivity contribution in [2.75, 3.05) is 53.2 Å². The van der Waals surface area contributed by atoms with Crippen molar-refractivity contribution in [3.05, 3.63) is 380 Å². The second-order valence-corrected chi connectivity index (χ2v) is 36.2. The normalized spacial score (nSPS) is 11.5. The summed E-state index contributed by atoms with van der Waals surface area (Å²) in [5, 5.41) is 36.5. The van der Waals surface area contributed by atoms with Crippen LogP contribution in [0.1, 0.15) is 52.9 Å². The molecule has 6 heterocycles. The molecule has 5 amide bonds. The van der Waals surface area contributed by atoms with Crippen LogP contribution >= 0.6 is 68.0 Å². The number of rotatable bonds is 23. The third-order valence-corrected chi connectivity index (χ3v) is 26.3. The van der Waals surface area contributed by atoms with Crippen LogP contribution in [0.2, 0.25) is 0 Å². The van der Waals surface area contributed by atoms with E-state index in [4.69, 9.17) is 9.72 Å². The lowest BCUT2D eigenvalue weighted by Gasteiger charge is -2.10. The molecule has 0 bridgehead atoms. The Labute approximate surface area is 778 Å². The molecule has 1 aliphatic carbocycles. The summed E-state index contributed by atoms with van der Waals surface area (Å²) in [6.07, 6.45) is 5.28. The second kappa shape index (κ2) is 43.4. The van der Waals surface area contributed by atoms with Crippen molar-refractivity contribution in [2.45, 2.75) is 44.9 Å². The van der Waals surface area contributed by atoms with Gasteiger partial charge in [0.05, 0.1) is 63.2 Å². The van der Waals surface area contributed by atoms with E-state index >= 15 is 0 Å². The Morgan fingerprint density at radius 2 is 0.611 bits per heavy atom. The standard InChI is InChI=1S/C22H15N3OS2.C22H19N3OS.C21H17N3OS.C20H15N3O2S.C19H19N3OS/c26-21(19-13-14-7-4-5-11-17(14)27-19)24-16-10-6-12-18-20(16)25-22(28-18)23-15-8-2-1-3-9-15;26-20(15-14-16-8-3-1-4-9-16)24-18-12-7-13-19-21(18)25-22(27-19)23-17-10-5-2-6-11-17;25-19(14-15-8-3-1-4-9-15)23-17-12-7-13-18-20(17)24-21(26-18)22-16-10-5-2-6-11-16;24-20(25-15-10-5-2-6-11-15)22-16-12-7-13-17-18(16)23-19(26-17)21-14-8-3-1-4-9-14;23-18(13-7-4-5-8-13)21-15-11-6-12-16-17(15)22-19(24-16)20-14-9-2-1-3-10-14/h1-13H,(H,23,25)(H,24,26);1-13H,14-15H2,(H,23,25)(H,24,26);1-13H,14H2,(H,22,24)(H,23,25);1-13H,(H,21,23)(H,22,24);1-3,6,9-13H,4-5,7-8H2,(H,20,22)(H,21,23). The van der Waals surface area contributed by atoms with Gasteiger partial charge in [-0.05, 0) is 181 Å². The summed E-state index contributed by atoms with van der Waals surface area (Å²) >= 11 is 9.31. The zero-order valence-corrected chi connectivity index (χ0v) is 75.2. The predicted molar refractivity (Wildman–Crippen MR) is 545 cm³/mol. The fraction of sp³-hybridized carbons (Fsp3) is 0.0769. The predicted octanol–water partition coefficient (Wildman–Crippen LogP) is 28.2. The summed E-state index contributed by atoms with van der Waals surface area (Å²) in [5.41, 5.74) is 14.7. The third-order valence-electron chi connectivity index (χ3n) is 20.5. The minimum Gasteiger partial charge on any atom is -0.410 e. The van der Waals surface area contributed by atoms with Crippen LogP contribution in [0.5, 0.6) is 5.75 Å². The zero-order chi connectivity index (χ0) is 89.3. The summed E-state index contributed by atoms with van der Waals surface area (Å²) in [7, 11) is 0. The molecule has 1 aliphatic rings. The van der Waals surface area contributed by atoms with E-state index < -0.39 is 6.09 Å². The van der Waals surface area contributed by atoms with E-state index in [1.165, 1.54) is 22.7 Å². The number of nitrogens with one attached hydrogen (secondary N) is 10. The molecule has 0 radical (unpaired) electrons. The molecule has 131 heavy (non-hydrogen) atoms. The zero-order valence-electron chi connectivity index (χ0n) is 70.3. The molecule has 6 aromatic heterocycles. The molecule has 0 atom stereocenters. The number of anilines is 15. The molecule has 1 saturated carbocycles. The van der Waals surface area contributed by atoms with Gasteiger partial charge in [-0.25, -0.2) is 29.7 Å². The van der Waals surface area contributed by atoms with Gasteiger partial charge in [-0.15, -0.1) is 11.3 Å². The summed E-state index contributed by atoms with van der Waals surface area (Å²) < 4.78 is 11.5. The van der Waals surface area contributed by atoms with Crippen LogP contribution in [-0.2, 0) is 27.2 Å². The Hall–Kier alpha value is -15.4. The van der Waals surface area contributed by atoms with Crippen molar-refractivity contribution in [3.8, 4) is 5.75 Å². The molecule has 14 aromatic carbocycles. The highest BCUT2D eigenvalue weighted by molar-refractivity contribution is 7.24. The fourth-order valence-electron chi connectivity index (χ4n) is 14.3. The number of para-hydroxylation sites is 11. The first-order valence-electron chi connectivity index (χ1n) is 42.3. The summed E-state index contributed by atoms with van der Waals surface area (Å²) in [6, 6.07) is 117. The van der Waals surface area contributed by atoms with Gasteiger partial charge in [-0.1, -0.05) is 288 Å². The molecule has 0 aliphatic heterocycles. The number of hydrogen-bond donors (Lipinski definition) is 10. The van der Waals surface area contributed by atoms with Crippen molar-refractivity contribution in [1.29, 1.82) is 0 Å². The molecule has 20 aromatic rings. The molecular formula is C104H85N15O6S6. The Morgan fingerprint density at radius 1 is 0.298 bits per heavy atom. The van der Waals surface area contributed by atoms with Crippen molar-refractivity contribution >= 4 is 241 Å². The molecule has 0 saturated heterocycles. The first kappa shape index (κ1) is 87.7. The monoisotopic (exact) mass is 1830 g/mol. The number of thiophene rings is 1. The number of thiazole rings is 5. The largest absolute Gasteiger partial charge is 0.417 e. The average molecular weight is 1830 g/mol. The Bertz CT molecular complexity index is 7050. The third kappa shape index (κ3) is 24.1. The Kier molecular flexibility index (Phi) is 29.1. The summed E-state index contributed by atoms with van der Waals surface area (Å²) in [5.74, 6) is 0.610. The summed E-state index contributed by atoms with van der Waals surface area (Å²) in [4.78, 5) is 86.1. The van der Waals surface area contributed by atoms with Crippen molar-refractivity contribution in [3.63, 3.8) is 0 Å². The van der Waals surface area contributed by atoms with Crippen LogP contribution < -0.4 is 57.9 Å². The number of carbonyl (C=O) groups is 5. The van der Waals surface area contributed by atoms with E-state index in [2.05, 4.69) is 73.1 Å². The first-order chi connectivity index (χ1) is 64.4. The lowest BCUT2D eigenvalue weighted by molar-refractivity contribution is -0.119. The molecule has 0 spiro atoms. The van der Waals surface area contributed by atoms with Gasteiger partial charge in [0, 0.05) is 45.5 Å². The van der Waals surface area contributed by atoms with Crippen LogP contribution in [0.15, 0.2) is 364 Å². The highest BCUT2D eigenvalue weighted by atomic mass is 32.1. The molecule has 21 rings (SSSR count). The number of aromatic nitrogens is 5. The van der Waals surface area contributed by atoms with Crippen LogP contribution in [0.25, 0.3) is 61.2 Å². The van der Waals surface area contributed by atoms with E-state index in [-0.39, 0.29) is 29.5 Å². The minimum absolute atomic E-state index is 0.00285. The molecule has 0 unspecified atom stereocenters. The number of amides is 5. The number of ether oxygens (including phenoxy) is 1. The van der Waals surface area contributed by atoms with Crippen LogP contribution in [-0.4, -0.2) is 54.6 Å².